The van der Waals surface area contributed by atoms with Gasteiger partial charge in [0.1, 0.15) is 37.3 Å². The van der Waals surface area contributed by atoms with Crippen molar-refractivity contribution in [3.63, 3.8) is 0 Å². The van der Waals surface area contributed by atoms with Gasteiger partial charge >= 0.3 is 35.8 Å². The van der Waals surface area contributed by atoms with Crippen molar-refractivity contribution in [3.8, 4) is 0 Å². The van der Waals surface area contributed by atoms with Crippen molar-refractivity contribution < 1.29 is 85.8 Å². The molecule has 4 unspecified atom stereocenters. The highest BCUT2D eigenvalue weighted by molar-refractivity contribution is 8.08. The summed E-state index contributed by atoms with van der Waals surface area (Å²) in [5.41, 5.74) is 0. The first-order valence-corrected chi connectivity index (χ1v) is 22.7. The molecule has 0 bridgehead atoms. The molecule has 2 aliphatic rings. The standard InChI is InChI=1S/C16H27O9P.C13H20O8.CH3Cl2OP.CH4/c1-21-7-4-6-14(17)23-11-13-12(10-15(18)25-13)16(19)22-8-5-9-24-26(2,3)20;14-4-1-3-11(16)20-8-10-9(7-12(17)21-10)13(18)19-6-2-5-15;1-5(2,3)4;/h12-13H,4-11H2,1-3H3;9-10,14-15H,1-8H2;1H3;1H4. The maximum absolute atomic E-state index is 12.1. The summed E-state index contributed by atoms with van der Waals surface area (Å²) >= 11 is 9.70. The number of ether oxygens (including phenoxy) is 7. The van der Waals surface area contributed by atoms with Crippen LogP contribution in [0.2, 0.25) is 0 Å². The average molecular weight is 848 g/mol. The van der Waals surface area contributed by atoms with E-state index in [9.17, 15) is 37.9 Å². The van der Waals surface area contributed by atoms with Crippen LogP contribution < -0.4 is 0 Å². The van der Waals surface area contributed by atoms with Crippen molar-refractivity contribution >= 4 is 71.5 Å². The van der Waals surface area contributed by atoms with E-state index in [1.165, 1.54) is 27.1 Å². The SMILES string of the molecule is C.COCCCC(=O)OCC1OC(=O)CC1C(=O)OCCCOP(C)(C)=O.CP(=O)(Cl)Cl.O=C(CCCO)OCC1OC(=O)CC1C(=O)OCCCO. The summed E-state index contributed by atoms with van der Waals surface area (Å²) in [6.07, 6.45) is -0.165. The van der Waals surface area contributed by atoms with Crippen molar-refractivity contribution in [3.05, 3.63) is 0 Å². The van der Waals surface area contributed by atoms with Crippen molar-refractivity contribution in [1.82, 2.24) is 0 Å². The molecule has 4 atom stereocenters. The van der Waals surface area contributed by atoms with Crippen molar-refractivity contribution in [1.29, 1.82) is 0 Å². The first-order valence-electron chi connectivity index (χ1n) is 16.2. The molecule has 2 fully saturated rings. The number of hydrogen-bond donors (Lipinski definition) is 2. The predicted molar refractivity (Wildman–Crippen MR) is 191 cm³/mol. The van der Waals surface area contributed by atoms with Crippen LogP contribution in [-0.2, 0) is 75.6 Å². The quantitative estimate of drug-likeness (QED) is 0.0726. The Morgan fingerprint density at radius 2 is 1.11 bits per heavy atom. The molecule has 18 nitrogen and oxygen atoms in total. The molecule has 0 radical (unpaired) electrons. The zero-order chi connectivity index (χ0) is 39.7. The molecule has 0 aliphatic carbocycles. The number of carbonyl (C=O) groups excluding carboxylic acids is 6. The van der Waals surface area contributed by atoms with E-state index in [2.05, 4.69) is 0 Å². The van der Waals surface area contributed by atoms with E-state index < -0.39 is 73.1 Å². The number of aliphatic hydroxyl groups is 2. The van der Waals surface area contributed by atoms with E-state index in [1.54, 1.807) is 0 Å². The number of carbonyl (C=O) groups is 6. The average Bonchev–Trinajstić information content (AvgIpc) is 3.62. The first kappa shape index (κ1) is 52.8. The topological polar surface area (TPSA) is 251 Å². The van der Waals surface area contributed by atoms with Gasteiger partial charge < -0.3 is 47.9 Å². The largest absolute Gasteiger partial charge is 0.465 e. The Bertz CT molecular complexity index is 1220. The fourth-order valence-corrected chi connectivity index (χ4v) is 4.61. The zero-order valence-corrected chi connectivity index (χ0v) is 33.0. The fourth-order valence-electron chi connectivity index (χ4n) is 4.04. The van der Waals surface area contributed by atoms with Crippen LogP contribution in [0, 0.1) is 11.8 Å². The molecule has 0 aromatic carbocycles. The lowest BCUT2D eigenvalue weighted by Gasteiger charge is -2.17. The summed E-state index contributed by atoms with van der Waals surface area (Å²) in [5.74, 6) is -7.56. The third-order valence-electron chi connectivity index (χ3n) is 6.41. The molecule has 0 aromatic rings. The molecule has 0 amide bonds. The van der Waals surface area contributed by atoms with Gasteiger partial charge in [-0.2, -0.15) is 0 Å². The van der Waals surface area contributed by atoms with Crippen LogP contribution in [-0.4, -0.2) is 138 Å². The molecule has 0 aromatic heterocycles. The van der Waals surface area contributed by atoms with Gasteiger partial charge in [0.25, 0.3) is 0 Å². The monoisotopic (exact) mass is 846 g/mol. The van der Waals surface area contributed by atoms with Crippen LogP contribution in [0.25, 0.3) is 0 Å². The number of esters is 6. The van der Waals surface area contributed by atoms with Crippen LogP contribution in [0.1, 0.15) is 58.8 Å². The zero-order valence-electron chi connectivity index (χ0n) is 29.7. The Labute approximate surface area is 319 Å². The van der Waals surface area contributed by atoms with E-state index >= 15 is 0 Å². The maximum Gasteiger partial charge on any atom is 0.313 e. The molecule has 2 aliphatic heterocycles. The molecule has 310 valence electrons. The minimum absolute atomic E-state index is 0. The molecule has 2 N–H and O–H groups in total. The summed E-state index contributed by atoms with van der Waals surface area (Å²) in [6.45, 7) is 4.45. The molecular weight excluding hydrogens is 793 g/mol. The summed E-state index contributed by atoms with van der Waals surface area (Å²) in [7, 11) is -1.02. The second-order valence-electron chi connectivity index (χ2n) is 11.5. The van der Waals surface area contributed by atoms with Crippen molar-refractivity contribution in [2.75, 3.05) is 80.0 Å². The molecule has 22 heteroatoms. The van der Waals surface area contributed by atoms with Gasteiger partial charge in [0.15, 0.2) is 7.37 Å². The van der Waals surface area contributed by atoms with E-state index in [-0.39, 0.29) is 85.8 Å². The van der Waals surface area contributed by atoms with Crippen LogP contribution in [0.4, 0.5) is 0 Å². The molecule has 2 rings (SSSR count). The summed E-state index contributed by atoms with van der Waals surface area (Å²) in [5, 5.41) is 17.2. The summed E-state index contributed by atoms with van der Waals surface area (Å²) in [4.78, 5) is 69.5. The number of methoxy groups -OCH3 is 1. The highest BCUT2D eigenvalue weighted by atomic mass is 35.9. The number of rotatable bonds is 21. The van der Waals surface area contributed by atoms with Gasteiger partial charge in [-0.3, -0.25) is 37.9 Å². The summed E-state index contributed by atoms with van der Waals surface area (Å²) in [6, 6.07) is 0. The minimum atomic E-state index is -2.69. The molecule has 2 saturated heterocycles. The van der Waals surface area contributed by atoms with Gasteiger partial charge in [0.2, 0.25) is 5.85 Å². The van der Waals surface area contributed by atoms with E-state index in [0.29, 0.717) is 25.9 Å². The minimum Gasteiger partial charge on any atom is -0.465 e. The van der Waals surface area contributed by atoms with Gasteiger partial charge in [-0.25, -0.2) is 0 Å². The van der Waals surface area contributed by atoms with Crippen LogP contribution >= 0.6 is 35.7 Å². The van der Waals surface area contributed by atoms with Gasteiger partial charge in [-0.05, 0) is 35.3 Å². The van der Waals surface area contributed by atoms with E-state index in [4.69, 9.17) is 70.4 Å². The lowest BCUT2D eigenvalue weighted by atomic mass is 10.0. The normalized spacial score (nSPS) is 19.2. The van der Waals surface area contributed by atoms with Gasteiger partial charge in [-0.15, -0.1) is 0 Å². The fraction of sp³-hybridized carbons (Fsp3) is 0.806. The molecule has 0 saturated carbocycles. The Morgan fingerprint density at radius 3 is 1.51 bits per heavy atom. The van der Waals surface area contributed by atoms with Gasteiger partial charge in [0, 0.05) is 72.6 Å². The highest BCUT2D eigenvalue weighted by Gasteiger charge is 2.42. The second-order valence-corrected chi connectivity index (χ2v) is 20.1. The lowest BCUT2D eigenvalue weighted by molar-refractivity contribution is -0.159. The Morgan fingerprint density at radius 1 is 0.698 bits per heavy atom. The smallest absolute Gasteiger partial charge is 0.313 e. The molecule has 0 spiro atoms. The van der Waals surface area contributed by atoms with Crippen LogP contribution in [0.3, 0.4) is 0 Å². The van der Waals surface area contributed by atoms with Gasteiger partial charge in [0.05, 0.1) is 32.7 Å². The number of aliphatic hydroxyl groups excluding tert-OH is 2. The highest BCUT2D eigenvalue weighted by Crippen LogP contribution is 2.52. The van der Waals surface area contributed by atoms with E-state index in [1.807, 2.05) is 0 Å². The Balaban J connectivity index is 0. The second kappa shape index (κ2) is 29.0. The maximum atomic E-state index is 12.1. The number of cyclic esters (lactones) is 2. The molecule has 53 heavy (non-hydrogen) atoms. The predicted octanol–water partition coefficient (Wildman–Crippen LogP) is 3.46. The third kappa shape index (κ3) is 28.8. The Hall–Kier alpha value is -2.30. The third-order valence-corrected chi connectivity index (χ3v) is 7.21. The molecular formula is C31H54Cl2O18P2. The lowest BCUT2D eigenvalue weighted by Crippen LogP contribution is -2.31. The van der Waals surface area contributed by atoms with E-state index in [0.717, 1.165) is 0 Å². The summed E-state index contributed by atoms with van der Waals surface area (Å²) < 4.78 is 61.0. The first-order chi connectivity index (χ1) is 24.3. The van der Waals surface area contributed by atoms with Gasteiger partial charge in [-0.1, -0.05) is 7.43 Å². The van der Waals surface area contributed by atoms with Crippen LogP contribution in [0.15, 0.2) is 0 Å². The van der Waals surface area contributed by atoms with Crippen molar-refractivity contribution in [2.24, 2.45) is 11.8 Å². The Kier molecular flexibility index (Phi) is 28.9. The molecule has 2 heterocycles. The number of hydrogen-bond acceptors (Lipinski definition) is 18. The number of halogens is 2. The van der Waals surface area contributed by atoms with Crippen LogP contribution in [0.5, 0.6) is 0 Å². The van der Waals surface area contributed by atoms with Crippen molar-refractivity contribution in [2.45, 2.75) is 71.0 Å².